The van der Waals surface area contributed by atoms with Crippen LogP contribution in [0.3, 0.4) is 0 Å². The maximum absolute atomic E-state index is 9.86. The van der Waals surface area contributed by atoms with Crippen molar-refractivity contribution in [3.63, 3.8) is 0 Å². The summed E-state index contributed by atoms with van der Waals surface area (Å²) >= 11 is 0. The van der Waals surface area contributed by atoms with Gasteiger partial charge >= 0.3 is 0 Å². The van der Waals surface area contributed by atoms with Gasteiger partial charge in [-0.05, 0) is 18.4 Å². The smallest absolute Gasteiger partial charge is 0.0589 e. The van der Waals surface area contributed by atoms with Gasteiger partial charge in [0.2, 0.25) is 0 Å². The first-order valence-electron chi connectivity index (χ1n) is 7.09. The fraction of sp³-hybridized carbons (Fsp3) is 0.625. The molecular formula is C16H25NO2. The van der Waals surface area contributed by atoms with Crippen molar-refractivity contribution >= 4 is 0 Å². The first kappa shape index (κ1) is 14.5. The van der Waals surface area contributed by atoms with Crippen molar-refractivity contribution in [3.05, 3.63) is 35.9 Å². The summed E-state index contributed by atoms with van der Waals surface area (Å²) in [7, 11) is 1.74. The van der Waals surface area contributed by atoms with Crippen molar-refractivity contribution < 1.29 is 9.84 Å². The number of hydrogen-bond acceptors (Lipinski definition) is 3. The highest BCUT2D eigenvalue weighted by atomic mass is 16.5. The maximum Gasteiger partial charge on any atom is 0.0589 e. The van der Waals surface area contributed by atoms with E-state index in [0.29, 0.717) is 6.04 Å². The molecular weight excluding hydrogens is 238 g/mol. The van der Waals surface area contributed by atoms with E-state index in [2.05, 4.69) is 24.0 Å². The summed E-state index contributed by atoms with van der Waals surface area (Å²) in [5.41, 5.74) is 1.01. The molecule has 1 aromatic rings. The van der Waals surface area contributed by atoms with Crippen LogP contribution in [0, 0.1) is 0 Å². The Hall–Kier alpha value is -0.900. The molecule has 1 saturated carbocycles. The normalized spacial score (nSPS) is 18.5. The van der Waals surface area contributed by atoms with Gasteiger partial charge in [0.15, 0.2) is 0 Å². The molecule has 2 rings (SSSR count). The lowest BCUT2D eigenvalue weighted by atomic mass is 9.82. The van der Waals surface area contributed by atoms with Crippen molar-refractivity contribution in [1.29, 1.82) is 0 Å². The summed E-state index contributed by atoms with van der Waals surface area (Å²) in [5.74, 6) is 0. The molecule has 1 N–H and O–H groups in total. The number of ether oxygens (including phenoxy) is 1. The maximum atomic E-state index is 9.86. The minimum absolute atomic E-state index is 0.174. The van der Waals surface area contributed by atoms with Crippen LogP contribution in [0.2, 0.25) is 0 Å². The highest BCUT2D eigenvalue weighted by molar-refractivity contribution is 5.25. The summed E-state index contributed by atoms with van der Waals surface area (Å²) < 4.78 is 5.20. The quantitative estimate of drug-likeness (QED) is 0.779. The SMILES string of the molecule is COCCN(CC(C)(CO)c1ccccc1)C1CC1. The second-order valence-electron chi connectivity index (χ2n) is 5.78. The van der Waals surface area contributed by atoms with Gasteiger partial charge < -0.3 is 9.84 Å². The van der Waals surface area contributed by atoms with Gasteiger partial charge in [0.1, 0.15) is 0 Å². The van der Waals surface area contributed by atoms with Crippen LogP contribution < -0.4 is 0 Å². The van der Waals surface area contributed by atoms with Gasteiger partial charge in [0.05, 0.1) is 13.2 Å². The first-order chi connectivity index (χ1) is 9.19. The van der Waals surface area contributed by atoms with Crippen LogP contribution in [0.25, 0.3) is 0 Å². The summed E-state index contributed by atoms with van der Waals surface area (Å²) in [6.45, 7) is 4.91. The van der Waals surface area contributed by atoms with Gasteiger partial charge in [-0.15, -0.1) is 0 Å². The Kier molecular flexibility index (Phi) is 4.97. The van der Waals surface area contributed by atoms with E-state index in [1.165, 1.54) is 18.4 Å². The minimum atomic E-state index is -0.197. The van der Waals surface area contributed by atoms with Gasteiger partial charge in [-0.25, -0.2) is 0 Å². The Labute approximate surface area is 116 Å². The summed E-state index contributed by atoms with van der Waals surface area (Å²) in [5, 5.41) is 9.86. The van der Waals surface area contributed by atoms with Gasteiger partial charge in [-0.3, -0.25) is 4.90 Å². The van der Waals surface area contributed by atoms with E-state index in [4.69, 9.17) is 4.74 Å². The van der Waals surface area contributed by atoms with E-state index in [-0.39, 0.29) is 12.0 Å². The topological polar surface area (TPSA) is 32.7 Å². The number of aliphatic hydroxyl groups excluding tert-OH is 1. The predicted octanol–water partition coefficient (Wildman–Crippen LogP) is 2.05. The van der Waals surface area contributed by atoms with Gasteiger partial charge in [-0.2, -0.15) is 0 Å². The second kappa shape index (κ2) is 6.51. The summed E-state index contributed by atoms with van der Waals surface area (Å²) in [6.07, 6.45) is 2.56. The molecule has 1 aromatic carbocycles. The Bertz CT molecular complexity index is 378. The highest BCUT2D eigenvalue weighted by Crippen LogP contribution is 2.31. The molecule has 0 heterocycles. The monoisotopic (exact) mass is 263 g/mol. The molecule has 3 nitrogen and oxygen atoms in total. The number of benzene rings is 1. The molecule has 0 saturated heterocycles. The number of nitrogens with zero attached hydrogens (tertiary/aromatic N) is 1. The van der Waals surface area contributed by atoms with Crippen LogP contribution >= 0.6 is 0 Å². The fourth-order valence-corrected chi connectivity index (χ4v) is 2.56. The molecule has 0 bridgehead atoms. The van der Waals surface area contributed by atoms with E-state index < -0.39 is 0 Å². The molecule has 3 heteroatoms. The number of rotatable bonds is 8. The molecule has 1 unspecified atom stereocenters. The van der Waals surface area contributed by atoms with Crippen molar-refractivity contribution in [1.82, 2.24) is 4.90 Å². The standard InChI is InChI=1S/C16H25NO2/c1-16(13-18,14-6-4-3-5-7-14)12-17(10-11-19-2)15-8-9-15/h3-7,15,18H,8-13H2,1-2H3. The Morgan fingerprint density at radius 2 is 2.00 bits per heavy atom. The predicted molar refractivity (Wildman–Crippen MR) is 77.4 cm³/mol. The lowest BCUT2D eigenvalue weighted by Gasteiger charge is -2.34. The number of methoxy groups -OCH3 is 1. The zero-order chi connectivity index (χ0) is 13.7. The fourth-order valence-electron chi connectivity index (χ4n) is 2.56. The molecule has 1 atom stereocenters. The average molecular weight is 263 g/mol. The van der Waals surface area contributed by atoms with E-state index in [9.17, 15) is 5.11 Å². The van der Waals surface area contributed by atoms with Crippen LogP contribution in [0.15, 0.2) is 30.3 Å². The molecule has 0 radical (unpaired) electrons. The lowest BCUT2D eigenvalue weighted by molar-refractivity contribution is 0.104. The van der Waals surface area contributed by atoms with E-state index in [0.717, 1.165) is 19.7 Å². The molecule has 1 aliphatic carbocycles. The number of hydrogen-bond donors (Lipinski definition) is 1. The van der Waals surface area contributed by atoms with E-state index in [1.54, 1.807) is 7.11 Å². The van der Waals surface area contributed by atoms with Gasteiger partial charge in [-0.1, -0.05) is 37.3 Å². The number of aliphatic hydroxyl groups is 1. The van der Waals surface area contributed by atoms with Crippen LogP contribution in [0.5, 0.6) is 0 Å². The molecule has 0 aromatic heterocycles. The summed E-state index contributed by atoms with van der Waals surface area (Å²) in [6, 6.07) is 11.0. The summed E-state index contributed by atoms with van der Waals surface area (Å²) in [4.78, 5) is 2.46. The third-order valence-corrected chi connectivity index (χ3v) is 4.02. The first-order valence-corrected chi connectivity index (χ1v) is 7.09. The highest BCUT2D eigenvalue weighted by Gasteiger charge is 2.35. The van der Waals surface area contributed by atoms with E-state index >= 15 is 0 Å². The van der Waals surface area contributed by atoms with Crippen molar-refractivity contribution in [2.75, 3.05) is 33.4 Å². The molecule has 106 valence electrons. The largest absolute Gasteiger partial charge is 0.395 e. The van der Waals surface area contributed by atoms with Crippen LogP contribution in [0.4, 0.5) is 0 Å². The molecule has 1 fully saturated rings. The van der Waals surface area contributed by atoms with Crippen molar-refractivity contribution in [3.8, 4) is 0 Å². The minimum Gasteiger partial charge on any atom is -0.395 e. The lowest BCUT2D eigenvalue weighted by Crippen LogP contribution is -2.43. The Morgan fingerprint density at radius 1 is 1.32 bits per heavy atom. The second-order valence-corrected chi connectivity index (χ2v) is 5.78. The van der Waals surface area contributed by atoms with E-state index in [1.807, 2.05) is 18.2 Å². The molecule has 0 aliphatic heterocycles. The average Bonchev–Trinajstić information content (AvgIpc) is 3.29. The van der Waals surface area contributed by atoms with Gasteiger partial charge in [0, 0.05) is 31.7 Å². The van der Waals surface area contributed by atoms with Gasteiger partial charge in [0.25, 0.3) is 0 Å². The van der Waals surface area contributed by atoms with Crippen LogP contribution in [0.1, 0.15) is 25.3 Å². The Balaban J connectivity index is 2.07. The molecule has 0 amide bonds. The van der Waals surface area contributed by atoms with Crippen LogP contribution in [-0.4, -0.2) is 49.5 Å². The molecule has 0 spiro atoms. The van der Waals surface area contributed by atoms with Crippen molar-refractivity contribution in [2.24, 2.45) is 0 Å². The third-order valence-electron chi connectivity index (χ3n) is 4.02. The van der Waals surface area contributed by atoms with Crippen LogP contribution in [-0.2, 0) is 10.2 Å². The zero-order valence-electron chi connectivity index (χ0n) is 12.0. The van der Waals surface area contributed by atoms with Crippen molar-refractivity contribution in [2.45, 2.75) is 31.2 Å². The molecule has 19 heavy (non-hydrogen) atoms. The third kappa shape index (κ3) is 3.78. The molecule has 1 aliphatic rings. The zero-order valence-corrected chi connectivity index (χ0v) is 12.0. The Morgan fingerprint density at radius 3 is 2.53 bits per heavy atom.